The van der Waals surface area contributed by atoms with Gasteiger partial charge in [-0.25, -0.2) is 4.79 Å². The quantitative estimate of drug-likeness (QED) is 0.417. The molecule has 1 fully saturated rings. The number of fused-ring (bicyclic) bond motifs is 1. The number of benzene rings is 2. The number of aliphatic carboxylic acids is 1. The van der Waals surface area contributed by atoms with Crippen molar-refractivity contribution in [3.8, 4) is 0 Å². The number of carbonyl (C=O) groups is 2. The number of hydrogen-bond donors (Lipinski definition) is 1. The number of amides is 1. The standard InChI is InChI=1S/C28H29Cl2N3O3S/c1-4-20-13-14-21(27(35)36)32(20)26(34)25-23(15(2)3)33-24(17-7-11-19(30)12-8-17)22(31-28(33)37-25)16-5-9-18(29)10-6-16/h5-12,15,20-22,24H,4,13-14H2,1-3H3,(H,35,36)/t20-,21+,22+,24-/m1/s1. The molecular formula is C28H29Cl2N3O3S. The van der Waals surface area contributed by atoms with Crippen LogP contribution in [0.5, 0.6) is 0 Å². The molecule has 0 aromatic heterocycles. The van der Waals surface area contributed by atoms with Gasteiger partial charge in [-0.2, -0.15) is 0 Å². The fourth-order valence-electron chi connectivity index (χ4n) is 5.65. The van der Waals surface area contributed by atoms with Crippen LogP contribution in [-0.4, -0.2) is 44.0 Å². The number of amidine groups is 1. The highest BCUT2D eigenvalue weighted by molar-refractivity contribution is 8.18. The van der Waals surface area contributed by atoms with Crippen LogP contribution in [0.1, 0.15) is 63.2 Å². The van der Waals surface area contributed by atoms with Crippen molar-refractivity contribution in [1.29, 1.82) is 0 Å². The maximum atomic E-state index is 14.0. The van der Waals surface area contributed by atoms with Crippen molar-refractivity contribution in [3.63, 3.8) is 0 Å². The monoisotopic (exact) mass is 557 g/mol. The first kappa shape index (κ1) is 26.1. The fraction of sp³-hybridized carbons (Fsp3) is 0.393. The summed E-state index contributed by atoms with van der Waals surface area (Å²) in [5.41, 5.74) is 2.95. The van der Waals surface area contributed by atoms with Gasteiger partial charge in [0.2, 0.25) is 0 Å². The molecular weight excluding hydrogens is 529 g/mol. The normalized spacial score (nSPS) is 25.2. The number of likely N-dealkylation sites (tertiary alicyclic amines) is 1. The minimum Gasteiger partial charge on any atom is -0.480 e. The van der Waals surface area contributed by atoms with Gasteiger partial charge < -0.3 is 14.9 Å². The van der Waals surface area contributed by atoms with E-state index in [-0.39, 0.29) is 30.0 Å². The molecule has 9 heteroatoms. The van der Waals surface area contributed by atoms with Gasteiger partial charge in [0.25, 0.3) is 5.91 Å². The highest BCUT2D eigenvalue weighted by Gasteiger charge is 2.50. The van der Waals surface area contributed by atoms with E-state index in [9.17, 15) is 14.7 Å². The van der Waals surface area contributed by atoms with Gasteiger partial charge in [-0.05, 0) is 72.3 Å². The Bertz CT molecular complexity index is 1280. The Labute approximate surface area is 231 Å². The number of carboxylic acid groups (broad SMARTS) is 1. The second-order valence-corrected chi connectivity index (χ2v) is 11.8. The number of allylic oxidation sites excluding steroid dienone is 1. The summed E-state index contributed by atoms with van der Waals surface area (Å²) in [6.07, 6.45) is 1.90. The minimum absolute atomic E-state index is 0.0175. The van der Waals surface area contributed by atoms with Gasteiger partial charge in [0.05, 0.1) is 6.04 Å². The molecule has 0 bridgehead atoms. The first-order valence-electron chi connectivity index (χ1n) is 12.6. The van der Waals surface area contributed by atoms with Crippen molar-refractivity contribution in [2.24, 2.45) is 10.9 Å². The number of aliphatic imine (C=N–C) groups is 1. The van der Waals surface area contributed by atoms with Crippen LogP contribution in [0.15, 0.2) is 64.1 Å². The lowest BCUT2D eigenvalue weighted by Crippen LogP contribution is -2.45. The van der Waals surface area contributed by atoms with E-state index in [2.05, 4.69) is 18.7 Å². The topological polar surface area (TPSA) is 73.2 Å². The van der Waals surface area contributed by atoms with Crippen LogP contribution in [0.2, 0.25) is 10.0 Å². The van der Waals surface area contributed by atoms with E-state index in [1.165, 1.54) is 11.8 Å². The van der Waals surface area contributed by atoms with E-state index < -0.39 is 12.0 Å². The molecule has 0 unspecified atom stereocenters. The van der Waals surface area contributed by atoms with E-state index in [1.54, 1.807) is 4.90 Å². The van der Waals surface area contributed by atoms with Gasteiger partial charge >= 0.3 is 5.97 Å². The molecule has 37 heavy (non-hydrogen) atoms. The van der Waals surface area contributed by atoms with E-state index in [4.69, 9.17) is 28.2 Å². The molecule has 3 aliphatic rings. The van der Waals surface area contributed by atoms with Crippen LogP contribution >= 0.6 is 35.0 Å². The molecule has 4 atom stereocenters. The van der Waals surface area contributed by atoms with Gasteiger partial charge in [-0.1, -0.05) is 68.2 Å². The summed E-state index contributed by atoms with van der Waals surface area (Å²) in [6.45, 7) is 6.14. The van der Waals surface area contributed by atoms with E-state index in [1.807, 2.05) is 55.5 Å². The lowest BCUT2D eigenvalue weighted by atomic mass is 9.92. The van der Waals surface area contributed by atoms with Crippen molar-refractivity contribution in [1.82, 2.24) is 9.80 Å². The predicted octanol–water partition coefficient (Wildman–Crippen LogP) is 6.92. The molecule has 2 aromatic carbocycles. The average Bonchev–Trinajstić information content (AvgIpc) is 3.56. The third-order valence-corrected chi connectivity index (χ3v) is 8.95. The Morgan fingerprint density at radius 3 is 2.16 bits per heavy atom. The van der Waals surface area contributed by atoms with Crippen molar-refractivity contribution >= 4 is 52.0 Å². The van der Waals surface area contributed by atoms with E-state index in [0.29, 0.717) is 27.8 Å². The molecule has 0 aliphatic carbocycles. The highest BCUT2D eigenvalue weighted by atomic mass is 35.5. The van der Waals surface area contributed by atoms with Crippen LogP contribution in [0.4, 0.5) is 0 Å². The molecule has 194 valence electrons. The number of rotatable bonds is 6. The zero-order valence-electron chi connectivity index (χ0n) is 20.9. The van der Waals surface area contributed by atoms with Gasteiger partial charge in [-0.3, -0.25) is 9.79 Å². The Kier molecular flexibility index (Phi) is 7.31. The maximum Gasteiger partial charge on any atom is 0.326 e. The Morgan fingerprint density at radius 1 is 1.03 bits per heavy atom. The Morgan fingerprint density at radius 2 is 1.62 bits per heavy atom. The molecule has 2 aromatic rings. The second kappa shape index (κ2) is 10.4. The first-order valence-corrected chi connectivity index (χ1v) is 14.1. The van der Waals surface area contributed by atoms with Gasteiger partial charge in [0.15, 0.2) is 5.17 Å². The van der Waals surface area contributed by atoms with Crippen LogP contribution in [-0.2, 0) is 9.59 Å². The Hall–Kier alpha value is -2.48. The van der Waals surface area contributed by atoms with Crippen molar-refractivity contribution in [2.75, 3.05) is 0 Å². The number of halogens is 2. The van der Waals surface area contributed by atoms with Gasteiger partial charge in [0, 0.05) is 21.8 Å². The van der Waals surface area contributed by atoms with Crippen LogP contribution < -0.4 is 0 Å². The summed E-state index contributed by atoms with van der Waals surface area (Å²) >= 11 is 13.7. The van der Waals surface area contributed by atoms with Crippen molar-refractivity contribution in [3.05, 3.63) is 80.3 Å². The molecule has 0 saturated carbocycles. The molecule has 1 amide bonds. The lowest BCUT2D eigenvalue weighted by molar-refractivity contribution is -0.148. The number of carboxylic acids is 1. The van der Waals surface area contributed by atoms with Gasteiger partial charge in [-0.15, -0.1) is 0 Å². The molecule has 5 rings (SSSR count). The summed E-state index contributed by atoms with van der Waals surface area (Å²) in [4.78, 5) is 35.5. The molecule has 1 N–H and O–H groups in total. The lowest BCUT2D eigenvalue weighted by Gasteiger charge is -2.32. The third-order valence-electron chi connectivity index (χ3n) is 7.38. The predicted molar refractivity (Wildman–Crippen MR) is 149 cm³/mol. The van der Waals surface area contributed by atoms with Crippen molar-refractivity contribution < 1.29 is 14.7 Å². The van der Waals surface area contributed by atoms with Crippen LogP contribution in [0, 0.1) is 5.92 Å². The van der Waals surface area contributed by atoms with Crippen LogP contribution in [0.25, 0.3) is 0 Å². The molecule has 3 aliphatic heterocycles. The summed E-state index contributed by atoms with van der Waals surface area (Å²) in [7, 11) is 0. The zero-order valence-corrected chi connectivity index (χ0v) is 23.2. The summed E-state index contributed by atoms with van der Waals surface area (Å²) in [6, 6.07) is 14.2. The maximum absolute atomic E-state index is 14.0. The molecule has 1 saturated heterocycles. The summed E-state index contributed by atoms with van der Waals surface area (Å²) in [5.74, 6) is -1.14. The SMILES string of the molecule is CC[C@@H]1CC[C@@H](C(=O)O)N1C(=O)C1=C(C(C)C)N2C(=N[C@@H](c3ccc(Cl)cc3)[C@H]2c2ccc(Cl)cc2)S1. The highest BCUT2D eigenvalue weighted by Crippen LogP contribution is 2.54. The minimum atomic E-state index is -0.946. The summed E-state index contributed by atoms with van der Waals surface area (Å²) < 4.78 is 0. The number of carbonyl (C=O) groups excluding carboxylic acids is 1. The third kappa shape index (κ3) is 4.66. The number of thioether (sulfide) groups is 1. The Balaban J connectivity index is 1.60. The van der Waals surface area contributed by atoms with Gasteiger partial charge in [0.1, 0.15) is 17.0 Å². The van der Waals surface area contributed by atoms with E-state index in [0.717, 1.165) is 28.4 Å². The van der Waals surface area contributed by atoms with E-state index >= 15 is 0 Å². The number of nitrogens with zero attached hydrogens (tertiary/aromatic N) is 3. The number of hydrogen-bond acceptors (Lipinski definition) is 5. The van der Waals surface area contributed by atoms with Crippen molar-refractivity contribution in [2.45, 2.75) is 64.2 Å². The molecule has 6 nitrogen and oxygen atoms in total. The smallest absolute Gasteiger partial charge is 0.326 e. The van der Waals surface area contributed by atoms with Crippen LogP contribution in [0.3, 0.4) is 0 Å². The summed E-state index contributed by atoms with van der Waals surface area (Å²) in [5, 5.41) is 11.9. The molecule has 3 heterocycles. The first-order chi connectivity index (χ1) is 17.7. The molecule has 0 spiro atoms. The molecule has 0 radical (unpaired) electrons. The fourth-order valence-corrected chi connectivity index (χ4v) is 7.19. The largest absolute Gasteiger partial charge is 0.480 e. The second-order valence-electron chi connectivity index (χ2n) is 9.95. The average molecular weight is 559 g/mol. The zero-order chi connectivity index (χ0) is 26.4.